The zero-order chi connectivity index (χ0) is 16.3. The second-order valence-corrected chi connectivity index (χ2v) is 7.70. The Labute approximate surface area is 131 Å². The van der Waals surface area contributed by atoms with Crippen LogP contribution in [0, 0.1) is 39.4 Å². The molecule has 1 aromatic carbocycles. The second kappa shape index (κ2) is 4.20. The van der Waals surface area contributed by atoms with Crippen molar-refractivity contribution in [2.75, 3.05) is 0 Å². The summed E-state index contributed by atoms with van der Waals surface area (Å²) >= 11 is 0. The highest BCUT2D eigenvalue weighted by Crippen LogP contribution is 2.64. The van der Waals surface area contributed by atoms with E-state index in [2.05, 4.69) is 12.1 Å². The fraction of sp³-hybridized carbons (Fsp3) is 0.526. The van der Waals surface area contributed by atoms with Gasteiger partial charge < -0.3 is 0 Å². The van der Waals surface area contributed by atoms with Crippen LogP contribution in [0.15, 0.2) is 24.3 Å². The Morgan fingerprint density at radius 3 is 2.36 bits per heavy atom. The zero-order valence-electron chi connectivity index (χ0n) is 13.5. The van der Waals surface area contributed by atoms with Gasteiger partial charge in [0.25, 0.3) is 0 Å². The van der Waals surface area contributed by atoms with Gasteiger partial charge in [0, 0.05) is 10.8 Å². The monoisotopic (exact) mass is 292 g/mol. The molecule has 1 aromatic rings. The van der Waals surface area contributed by atoms with E-state index in [1.165, 1.54) is 0 Å². The molecule has 0 N–H and O–H groups in total. The smallest absolute Gasteiger partial charge is 0.146 e. The molecule has 1 fully saturated rings. The molecule has 3 rings (SSSR count). The maximum atomic E-state index is 13.2. The Bertz CT molecular complexity index is 747. The van der Waals surface area contributed by atoms with E-state index >= 15 is 0 Å². The van der Waals surface area contributed by atoms with Gasteiger partial charge >= 0.3 is 0 Å². The average molecular weight is 292 g/mol. The number of rotatable bonds is 0. The molecule has 0 amide bonds. The molecule has 2 aliphatic carbocycles. The lowest BCUT2D eigenvalue weighted by Gasteiger charge is -2.58. The van der Waals surface area contributed by atoms with Crippen molar-refractivity contribution in [3.8, 4) is 12.1 Å². The topological polar surface area (TPSA) is 64.7 Å². The third-order valence-electron chi connectivity index (χ3n) is 6.16. The Balaban J connectivity index is 2.42. The lowest BCUT2D eigenvalue weighted by atomic mass is 9.41. The summed E-state index contributed by atoms with van der Waals surface area (Å²) in [5.41, 5.74) is -0.407. The van der Waals surface area contributed by atoms with Crippen LogP contribution < -0.4 is 0 Å². The van der Waals surface area contributed by atoms with E-state index in [0.29, 0.717) is 6.42 Å². The Hall–Kier alpha value is -2.13. The van der Waals surface area contributed by atoms with Crippen molar-refractivity contribution in [3.63, 3.8) is 0 Å². The molecule has 0 heterocycles. The standard InChI is InChI=1S/C19H20N2O/c1-17(2)15-9-19(11-21,18(3,4)16(17)22)14-8-6-5-7-12(14)13(15)10-20/h5-8,13,15H,9H2,1-4H3/t13-,15-,19-/m1/s1. The van der Waals surface area contributed by atoms with Crippen LogP contribution in [0.3, 0.4) is 0 Å². The van der Waals surface area contributed by atoms with E-state index in [9.17, 15) is 15.3 Å². The lowest BCUT2D eigenvalue weighted by Crippen LogP contribution is -2.62. The van der Waals surface area contributed by atoms with Gasteiger partial charge in [0.1, 0.15) is 5.78 Å². The molecule has 2 bridgehead atoms. The molecular formula is C19H20N2O. The Morgan fingerprint density at radius 1 is 1.14 bits per heavy atom. The molecule has 22 heavy (non-hydrogen) atoms. The number of nitriles is 2. The van der Waals surface area contributed by atoms with Crippen LogP contribution in [0.5, 0.6) is 0 Å². The minimum absolute atomic E-state index is 0.0903. The van der Waals surface area contributed by atoms with E-state index in [-0.39, 0.29) is 17.6 Å². The van der Waals surface area contributed by atoms with E-state index in [1.807, 2.05) is 52.0 Å². The van der Waals surface area contributed by atoms with Gasteiger partial charge in [-0.15, -0.1) is 0 Å². The fourth-order valence-electron chi connectivity index (χ4n) is 4.77. The minimum atomic E-state index is -0.839. The van der Waals surface area contributed by atoms with Crippen LogP contribution in [0.25, 0.3) is 0 Å². The van der Waals surface area contributed by atoms with Gasteiger partial charge in [-0.25, -0.2) is 0 Å². The number of hydrogen-bond donors (Lipinski definition) is 0. The number of benzene rings is 1. The normalized spacial score (nSPS) is 34.2. The number of fused-ring (bicyclic) bond motifs is 4. The highest BCUT2D eigenvalue weighted by atomic mass is 16.1. The molecule has 3 atom stereocenters. The number of hydrogen-bond acceptors (Lipinski definition) is 3. The highest BCUT2D eigenvalue weighted by Gasteiger charge is 2.66. The van der Waals surface area contributed by atoms with E-state index in [0.717, 1.165) is 11.1 Å². The highest BCUT2D eigenvalue weighted by molar-refractivity contribution is 5.93. The van der Waals surface area contributed by atoms with Crippen molar-refractivity contribution in [3.05, 3.63) is 35.4 Å². The third-order valence-corrected chi connectivity index (χ3v) is 6.16. The molecule has 1 saturated carbocycles. The summed E-state index contributed by atoms with van der Waals surface area (Å²) in [6, 6.07) is 12.6. The Morgan fingerprint density at radius 2 is 1.77 bits per heavy atom. The molecule has 0 radical (unpaired) electrons. The first-order valence-electron chi connectivity index (χ1n) is 7.69. The van der Waals surface area contributed by atoms with Crippen LogP contribution in [-0.2, 0) is 10.2 Å². The summed E-state index contributed by atoms with van der Waals surface area (Å²) in [4.78, 5) is 13.2. The summed E-state index contributed by atoms with van der Waals surface area (Å²) in [7, 11) is 0. The summed E-state index contributed by atoms with van der Waals surface area (Å²) in [6.07, 6.45) is 0.574. The molecule has 112 valence electrons. The molecule has 0 unspecified atom stereocenters. The van der Waals surface area contributed by atoms with Gasteiger partial charge in [0.15, 0.2) is 0 Å². The molecule has 3 nitrogen and oxygen atoms in total. The largest absolute Gasteiger partial charge is 0.298 e. The second-order valence-electron chi connectivity index (χ2n) is 7.70. The zero-order valence-corrected chi connectivity index (χ0v) is 13.5. The summed E-state index contributed by atoms with van der Waals surface area (Å²) in [6.45, 7) is 7.64. The molecule has 0 spiro atoms. The van der Waals surface area contributed by atoms with Crippen LogP contribution in [0.1, 0.15) is 51.2 Å². The van der Waals surface area contributed by atoms with Crippen molar-refractivity contribution in [2.24, 2.45) is 16.7 Å². The van der Waals surface area contributed by atoms with Crippen LogP contribution in [0.2, 0.25) is 0 Å². The molecule has 2 aliphatic rings. The number of nitrogens with zero attached hydrogens (tertiary/aromatic N) is 2. The van der Waals surface area contributed by atoms with Crippen molar-refractivity contribution < 1.29 is 4.79 Å². The van der Waals surface area contributed by atoms with E-state index < -0.39 is 16.2 Å². The SMILES string of the molecule is CC1(C)C(=O)C(C)(C)[C@@]2(C#N)C[C@@H]1[C@H](C#N)c1ccccc12. The van der Waals surface area contributed by atoms with Crippen LogP contribution in [0.4, 0.5) is 0 Å². The summed E-state index contributed by atoms with van der Waals surface area (Å²) in [5.74, 6) is -0.354. The van der Waals surface area contributed by atoms with Crippen molar-refractivity contribution in [1.29, 1.82) is 10.5 Å². The van der Waals surface area contributed by atoms with Gasteiger partial charge in [-0.05, 0) is 23.5 Å². The first-order valence-corrected chi connectivity index (χ1v) is 7.69. The first kappa shape index (κ1) is 14.8. The van der Waals surface area contributed by atoms with Crippen LogP contribution >= 0.6 is 0 Å². The maximum Gasteiger partial charge on any atom is 0.146 e. The van der Waals surface area contributed by atoms with Gasteiger partial charge in [-0.2, -0.15) is 10.5 Å². The third kappa shape index (κ3) is 1.42. The van der Waals surface area contributed by atoms with E-state index in [4.69, 9.17) is 0 Å². The number of ketones is 1. The van der Waals surface area contributed by atoms with Gasteiger partial charge in [0.05, 0.1) is 23.5 Å². The molecule has 0 saturated heterocycles. The minimum Gasteiger partial charge on any atom is -0.298 e. The summed E-state index contributed by atoms with van der Waals surface area (Å²) < 4.78 is 0. The van der Waals surface area contributed by atoms with Gasteiger partial charge in [-0.1, -0.05) is 52.0 Å². The predicted octanol–water partition coefficient (Wildman–Crippen LogP) is 3.71. The van der Waals surface area contributed by atoms with Crippen LogP contribution in [-0.4, -0.2) is 5.78 Å². The van der Waals surface area contributed by atoms with Gasteiger partial charge in [-0.3, -0.25) is 4.79 Å². The molecule has 0 aliphatic heterocycles. The first-order chi connectivity index (χ1) is 10.2. The fourth-order valence-corrected chi connectivity index (χ4v) is 4.77. The van der Waals surface area contributed by atoms with E-state index in [1.54, 1.807) is 0 Å². The number of carbonyl (C=O) groups excluding carboxylic acids is 1. The quantitative estimate of drug-likeness (QED) is 0.732. The Kier molecular flexibility index (Phi) is 2.83. The summed E-state index contributed by atoms with van der Waals surface area (Å²) in [5, 5.41) is 19.7. The predicted molar refractivity (Wildman–Crippen MR) is 82.8 cm³/mol. The van der Waals surface area contributed by atoms with Crippen molar-refractivity contribution in [2.45, 2.75) is 45.4 Å². The van der Waals surface area contributed by atoms with Gasteiger partial charge in [0.2, 0.25) is 0 Å². The maximum absolute atomic E-state index is 13.2. The molecular weight excluding hydrogens is 272 g/mol. The lowest BCUT2D eigenvalue weighted by molar-refractivity contribution is -0.150. The van der Waals surface area contributed by atoms with Crippen molar-refractivity contribution in [1.82, 2.24) is 0 Å². The number of Topliss-reactive ketones (excluding diaryl/α,β-unsaturated/α-hetero) is 1. The molecule has 0 aromatic heterocycles. The number of carbonyl (C=O) groups is 1. The van der Waals surface area contributed by atoms with Crippen molar-refractivity contribution >= 4 is 5.78 Å². The molecule has 3 heteroatoms. The average Bonchev–Trinajstić information content (AvgIpc) is 2.51.